The van der Waals surface area contributed by atoms with Gasteiger partial charge in [0, 0.05) is 18.9 Å². The molecule has 0 amide bonds. The first-order valence-corrected chi connectivity index (χ1v) is 3.42. The van der Waals surface area contributed by atoms with E-state index in [0.29, 0.717) is 5.69 Å². The molecule has 0 aliphatic heterocycles. The summed E-state index contributed by atoms with van der Waals surface area (Å²) in [4.78, 5) is 0. The monoisotopic (exact) mass is 173 g/mol. The van der Waals surface area contributed by atoms with Crippen LogP contribution in [0.3, 0.4) is 0 Å². The summed E-state index contributed by atoms with van der Waals surface area (Å²) in [5.74, 6) is -1.71. The van der Waals surface area contributed by atoms with Crippen molar-refractivity contribution in [1.29, 1.82) is 0 Å². The molecule has 12 heavy (non-hydrogen) atoms. The second-order valence-electron chi connectivity index (χ2n) is 2.24. The fourth-order valence-electron chi connectivity index (χ4n) is 0.762. The Kier molecular flexibility index (Phi) is 2.99. The molecular weight excluding hydrogens is 164 g/mol. The molecule has 1 N–H and O–H groups in total. The van der Waals surface area contributed by atoms with Crippen LogP contribution in [0.2, 0.25) is 0 Å². The number of nitrogens with one attached hydrogen (secondary N) is 1. The van der Waals surface area contributed by atoms with E-state index in [-0.39, 0.29) is 6.73 Å². The molecule has 1 aromatic carbocycles. The molecule has 2 nitrogen and oxygen atoms in total. The third-order valence-corrected chi connectivity index (χ3v) is 1.34. The van der Waals surface area contributed by atoms with Gasteiger partial charge in [-0.1, -0.05) is 0 Å². The number of halogens is 2. The highest BCUT2D eigenvalue weighted by atomic mass is 19.2. The summed E-state index contributed by atoms with van der Waals surface area (Å²) < 4.78 is 29.6. The van der Waals surface area contributed by atoms with E-state index < -0.39 is 11.6 Å². The van der Waals surface area contributed by atoms with Crippen molar-refractivity contribution in [2.45, 2.75) is 0 Å². The van der Waals surface area contributed by atoms with Crippen LogP contribution in [0.5, 0.6) is 0 Å². The third kappa shape index (κ3) is 2.17. The molecule has 0 saturated heterocycles. The van der Waals surface area contributed by atoms with Crippen LogP contribution >= 0.6 is 0 Å². The highest BCUT2D eigenvalue weighted by Crippen LogP contribution is 2.12. The van der Waals surface area contributed by atoms with Gasteiger partial charge in [-0.3, -0.25) is 0 Å². The fraction of sp³-hybridized carbons (Fsp3) is 0.250. The first kappa shape index (κ1) is 8.93. The number of benzene rings is 1. The van der Waals surface area contributed by atoms with Gasteiger partial charge in [0.25, 0.3) is 0 Å². The Morgan fingerprint density at radius 1 is 1.33 bits per heavy atom. The van der Waals surface area contributed by atoms with Gasteiger partial charge in [-0.15, -0.1) is 0 Å². The van der Waals surface area contributed by atoms with Gasteiger partial charge in [0.05, 0.1) is 0 Å². The van der Waals surface area contributed by atoms with E-state index in [2.05, 4.69) is 10.1 Å². The van der Waals surface area contributed by atoms with Gasteiger partial charge in [-0.25, -0.2) is 8.78 Å². The summed E-state index contributed by atoms with van der Waals surface area (Å²) in [6, 6.07) is 3.58. The van der Waals surface area contributed by atoms with Crippen LogP contribution in [-0.2, 0) is 4.74 Å². The SMILES string of the molecule is COCNc1ccc(F)c(F)c1. The first-order valence-electron chi connectivity index (χ1n) is 3.42. The van der Waals surface area contributed by atoms with Crippen LogP contribution in [0.1, 0.15) is 0 Å². The lowest BCUT2D eigenvalue weighted by Gasteiger charge is -2.04. The maximum Gasteiger partial charge on any atom is 0.160 e. The minimum Gasteiger partial charge on any atom is -0.365 e. The van der Waals surface area contributed by atoms with E-state index in [1.165, 1.54) is 13.2 Å². The molecule has 4 heteroatoms. The molecule has 1 rings (SSSR count). The smallest absolute Gasteiger partial charge is 0.160 e. The molecule has 0 fully saturated rings. The molecule has 0 aliphatic rings. The zero-order chi connectivity index (χ0) is 8.97. The van der Waals surface area contributed by atoms with Gasteiger partial charge in [-0.05, 0) is 12.1 Å². The van der Waals surface area contributed by atoms with Gasteiger partial charge in [0.15, 0.2) is 11.6 Å². The van der Waals surface area contributed by atoms with Crippen molar-refractivity contribution in [3.63, 3.8) is 0 Å². The molecule has 0 unspecified atom stereocenters. The van der Waals surface area contributed by atoms with Crippen molar-refractivity contribution in [1.82, 2.24) is 0 Å². The van der Waals surface area contributed by atoms with Crippen LogP contribution in [0, 0.1) is 11.6 Å². The molecule has 0 bridgehead atoms. The van der Waals surface area contributed by atoms with Gasteiger partial charge in [0.1, 0.15) is 6.73 Å². The van der Waals surface area contributed by atoms with E-state index in [1.807, 2.05) is 0 Å². The molecule has 0 radical (unpaired) electrons. The van der Waals surface area contributed by atoms with Gasteiger partial charge in [0.2, 0.25) is 0 Å². The normalized spacial score (nSPS) is 9.92. The molecule has 0 atom stereocenters. The van der Waals surface area contributed by atoms with Crippen molar-refractivity contribution >= 4 is 5.69 Å². The zero-order valence-corrected chi connectivity index (χ0v) is 6.60. The quantitative estimate of drug-likeness (QED) is 0.705. The summed E-state index contributed by atoms with van der Waals surface area (Å²) in [5, 5.41) is 2.73. The Hall–Kier alpha value is -1.16. The summed E-state index contributed by atoms with van der Waals surface area (Å²) in [7, 11) is 1.51. The maximum atomic E-state index is 12.6. The topological polar surface area (TPSA) is 21.3 Å². The molecule has 0 aliphatic carbocycles. The molecule has 0 saturated carbocycles. The summed E-state index contributed by atoms with van der Waals surface area (Å²) in [6.07, 6.45) is 0. The largest absolute Gasteiger partial charge is 0.365 e. The van der Waals surface area contributed by atoms with Crippen LogP contribution in [-0.4, -0.2) is 13.8 Å². The second-order valence-corrected chi connectivity index (χ2v) is 2.24. The summed E-state index contributed by atoms with van der Waals surface area (Å²) in [6.45, 7) is 0.269. The average molecular weight is 173 g/mol. The average Bonchev–Trinajstić information content (AvgIpc) is 2.07. The zero-order valence-electron chi connectivity index (χ0n) is 6.60. The van der Waals surface area contributed by atoms with Gasteiger partial charge >= 0.3 is 0 Å². The van der Waals surface area contributed by atoms with Crippen molar-refractivity contribution in [3.8, 4) is 0 Å². The number of anilines is 1. The number of ether oxygens (including phenoxy) is 1. The Balaban J connectivity index is 2.69. The summed E-state index contributed by atoms with van der Waals surface area (Å²) >= 11 is 0. The van der Waals surface area contributed by atoms with Crippen LogP contribution in [0.25, 0.3) is 0 Å². The lowest BCUT2D eigenvalue weighted by atomic mass is 10.3. The number of hydrogen-bond donors (Lipinski definition) is 1. The van der Waals surface area contributed by atoms with Crippen LogP contribution in [0.15, 0.2) is 18.2 Å². The Bertz CT molecular complexity index is 265. The van der Waals surface area contributed by atoms with Crippen LogP contribution < -0.4 is 5.32 Å². The van der Waals surface area contributed by atoms with Crippen molar-refractivity contribution < 1.29 is 13.5 Å². The van der Waals surface area contributed by atoms with Gasteiger partial charge in [-0.2, -0.15) is 0 Å². The fourth-order valence-corrected chi connectivity index (χ4v) is 0.762. The minimum absolute atomic E-state index is 0.269. The van der Waals surface area contributed by atoms with Crippen molar-refractivity contribution in [3.05, 3.63) is 29.8 Å². The Labute approximate surface area is 69.2 Å². The lowest BCUT2D eigenvalue weighted by molar-refractivity contribution is 0.221. The number of rotatable bonds is 3. The molecule has 0 aromatic heterocycles. The standard InChI is InChI=1S/C8H9F2NO/c1-12-5-11-6-2-3-7(9)8(10)4-6/h2-4,11H,5H2,1H3. The predicted octanol–water partition coefficient (Wildman–Crippen LogP) is 1.98. The van der Waals surface area contributed by atoms with Crippen molar-refractivity contribution in [2.24, 2.45) is 0 Å². The van der Waals surface area contributed by atoms with E-state index in [0.717, 1.165) is 12.1 Å². The predicted molar refractivity (Wildman–Crippen MR) is 41.9 cm³/mol. The highest BCUT2D eigenvalue weighted by molar-refractivity contribution is 5.42. The summed E-state index contributed by atoms with van der Waals surface area (Å²) in [5.41, 5.74) is 0.496. The number of hydrogen-bond acceptors (Lipinski definition) is 2. The lowest BCUT2D eigenvalue weighted by Crippen LogP contribution is -2.03. The molecule has 0 heterocycles. The maximum absolute atomic E-state index is 12.6. The molecular formula is C8H9F2NO. The number of methoxy groups -OCH3 is 1. The molecule has 1 aromatic rings. The van der Waals surface area contributed by atoms with E-state index >= 15 is 0 Å². The molecule has 66 valence electrons. The van der Waals surface area contributed by atoms with E-state index in [1.54, 1.807) is 0 Å². The Morgan fingerprint density at radius 2 is 2.08 bits per heavy atom. The first-order chi connectivity index (χ1) is 5.74. The van der Waals surface area contributed by atoms with Crippen molar-refractivity contribution in [2.75, 3.05) is 19.2 Å². The van der Waals surface area contributed by atoms with E-state index in [4.69, 9.17) is 0 Å². The van der Waals surface area contributed by atoms with E-state index in [9.17, 15) is 8.78 Å². The third-order valence-electron chi connectivity index (χ3n) is 1.34. The van der Waals surface area contributed by atoms with Gasteiger partial charge < -0.3 is 10.1 Å². The van der Waals surface area contributed by atoms with Crippen LogP contribution in [0.4, 0.5) is 14.5 Å². The second kappa shape index (κ2) is 4.01. The minimum atomic E-state index is -0.865. The molecule has 0 spiro atoms. The highest BCUT2D eigenvalue weighted by Gasteiger charge is 2.00. The Morgan fingerprint density at radius 3 is 2.67 bits per heavy atom.